The molecule has 1 heterocycles. The minimum atomic E-state index is -1.08. The summed E-state index contributed by atoms with van der Waals surface area (Å²) in [7, 11) is 0. The van der Waals surface area contributed by atoms with E-state index in [0.717, 1.165) is 17.8 Å². The number of thiazole rings is 1. The molecule has 3 rings (SSSR count). The Morgan fingerprint density at radius 2 is 1.96 bits per heavy atom. The van der Waals surface area contributed by atoms with Crippen molar-refractivity contribution < 1.29 is 23.1 Å². The topological polar surface area (TPSA) is 68.3 Å². The molecule has 5 nitrogen and oxygen atoms in total. The van der Waals surface area contributed by atoms with E-state index in [-0.39, 0.29) is 5.69 Å². The van der Waals surface area contributed by atoms with Crippen LogP contribution in [0.4, 0.5) is 14.5 Å². The molecule has 9 heteroatoms. The van der Waals surface area contributed by atoms with Crippen molar-refractivity contribution in [2.24, 2.45) is 0 Å². The Labute approximate surface area is 167 Å². The number of rotatable bonds is 7. The van der Waals surface area contributed by atoms with Crippen molar-refractivity contribution >= 4 is 40.7 Å². The molecule has 1 N–H and O–H groups in total. The molecule has 0 spiro atoms. The maximum absolute atomic E-state index is 13.2. The van der Waals surface area contributed by atoms with Gasteiger partial charge in [0.25, 0.3) is 5.91 Å². The lowest BCUT2D eigenvalue weighted by Crippen LogP contribution is -2.21. The summed E-state index contributed by atoms with van der Waals surface area (Å²) in [5, 5.41) is 4.27. The van der Waals surface area contributed by atoms with E-state index in [1.54, 1.807) is 29.8 Å². The molecule has 0 aliphatic carbocycles. The van der Waals surface area contributed by atoms with Crippen molar-refractivity contribution in [1.29, 1.82) is 0 Å². The first-order valence-electron chi connectivity index (χ1n) is 8.04. The van der Waals surface area contributed by atoms with Crippen molar-refractivity contribution in [1.82, 2.24) is 4.98 Å². The Hall–Kier alpha value is -2.78. The predicted octanol–water partition coefficient (Wildman–Crippen LogP) is 4.51. The fraction of sp³-hybridized carbons (Fsp3) is 0.105. The second-order valence-electron chi connectivity index (χ2n) is 5.52. The quantitative estimate of drug-likeness (QED) is 0.450. The lowest BCUT2D eigenvalue weighted by atomic mass is 10.2. The van der Waals surface area contributed by atoms with Gasteiger partial charge in [0.1, 0.15) is 0 Å². The fourth-order valence-corrected chi connectivity index (χ4v) is 3.81. The molecule has 28 heavy (non-hydrogen) atoms. The minimum Gasteiger partial charge on any atom is -0.452 e. The summed E-state index contributed by atoms with van der Waals surface area (Å²) in [6.45, 7) is -0.553. The summed E-state index contributed by atoms with van der Waals surface area (Å²) in [5.74, 6) is -2.81. The number of thioether (sulfide) groups is 1. The molecule has 0 saturated heterocycles. The Bertz CT molecular complexity index is 981. The molecular weight excluding hydrogens is 406 g/mol. The number of amides is 1. The fourth-order valence-electron chi connectivity index (χ4n) is 2.20. The second-order valence-corrected chi connectivity index (χ2v) is 7.25. The third kappa shape index (κ3) is 5.37. The standard InChI is InChI=1S/C19H14F2N2O3S2/c20-15-6-5-12(7-16(15)21)23-18(24)8-26-19(25)14-3-1-2-4-17(14)28-10-13-9-27-11-22-13/h1-7,9,11H,8,10H2,(H,23,24). The summed E-state index contributed by atoms with van der Waals surface area (Å²) < 4.78 is 31.1. The van der Waals surface area contributed by atoms with Crippen LogP contribution in [0.1, 0.15) is 16.1 Å². The van der Waals surface area contributed by atoms with Gasteiger partial charge in [0.15, 0.2) is 18.2 Å². The van der Waals surface area contributed by atoms with E-state index in [1.807, 2.05) is 5.38 Å². The van der Waals surface area contributed by atoms with Crippen molar-refractivity contribution in [2.45, 2.75) is 10.6 Å². The van der Waals surface area contributed by atoms with Gasteiger partial charge in [-0.2, -0.15) is 0 Å². The summed E-state index contributed by atoms with van der Waals surface area (Å²) in [6, 6.07) is 9.85. The maximum atomic E-state index is 13.2. The van der Waals surface area contributed by atoms with E-state index in [4.69, 9.17) is 4.74 Å². The summed E-state index contributed by atoms with van der Waals surface area (Å²) in [6.07, 6.45) is 0. The number of hydrogen-bond acceptors (Lipinski definition) is 6. The normalized spacial score (nSPS) is 10.5. The molecule has 0 aliphatic heterocycles. The first kappa shape index (κ1) is 20.0. The van der Waals surface area contributed by atoms with Crippen LogP contribution in [0.15, 0.2) is 58.3 Å². The molecule has 0 fully saturated rings. The van der Waals surface area contributed by atoms with Crippen LogP contribution in [0, 0.1) is 11.6 Å². The van der Waals surface area contributed by atoms with Crippen LogP contribution in [-0.2, 0) is 15.3 Å². The molecule has 0 aliphatic rings. The molecule has 0 unspecified atom stereocenters. The third-order valence-electron chi connectivity index (χ3n) is 3.50. The number of halogens is 2. The number of nitrogens with zero attached hydrogens (tertiary/aromatic N) is 1. The smallest absolute Gasteiger partial charge is 0.339 e. The highest BCUT2D eigenvalue weighted by Gasteiger charge is 2.15. The largest absolute Gasteiger partial charge is 0.452 e. The van der Waals surface area contributed by atoms with E-state index in [9.17, 15) is 18.4 Å². The number of aromatic nitrogens is 1. The first-order valence-corrected chi connectivity index (χ1v) is 9.96. The van der Waals surface area contributed by atoms with Crippen LogP contribution in [-0.4, -0.2) is 23.5 Å². The molecule has 0 saturated carbocycles. The van der Waals surface area contributed by atoms with Gasteiger partial charge in [0.2, 0.25) is 0 Å². The molecule has 1 aromatic heterocycles. The lowest BCUT2D eigenvalue weighted by molar-refractivity contribution is -0.119. The maximum Gasteiger partial charge on any atom is 0.339 e. The molecule has 3 aromatic rings. The highest BCUT2D eigenvalue weighted by molar-refractivity contribution is 7.98. The average Bonchev–Trinajstić information content (AvgIpc) is 3.21. The molecule has 144 valence electrons. The summed E-state index contributed by atoms with van der Waals surface area (Å²) >= 11 is 2.93. The molecule has 0 radical (unpaired) electrons. The number of hydrogen-bond donors (Lipinski definition) is 1. The van der Waals surface area contributed by atoms with E-state index in [2.05, 4.69) is 10.3 Å². The van der Waals surface area contributed by atoms with Crippen LogP contribution >= 0.6 is 23.1 Å². The van der Waals surface area contributed by atoms with Crippen molar-refractivity contribution in [3.05, 3.63) is 76.2 Å². The Morgan fingerprint density at radius 3 is 2.71 bits per heavy atom. The molecule has 2 aromatic carbocycles. The zero-order valence-corrected chi connectivity index (χ0v) is 16.0. The van der Waals surface area contributed by atoms with Crippen molar-refractivity contribution in [3.8, 4) is 0 Å². The Kier molecular flexibility index (Phi) is 6.72. The lowest BCUT2D eigenvalue weighted by Gasteiger charge is -2.09. The van der Waals surface area contributed by atoms with E-state index < -0.39 is 30.1 Å². The Morgan fingerprint density at radius 1 is 1.14 bits per heavy atom. The predicted molar refractivity (Wildman–Crippen MR) is 103 cm³/mol. The molecule has 1 amide bonds. The molecule has 0 bridgehead atoms. The van der Waals surface area contributed by atoms with Gasteiger partial charge in [-0.15, -0.1) is 23.1 Å². The SMILES string of the molecule is O=C(COC(=O)c1ccccc1SCc1cscn1)Nc1ccc(F)c(F)c1. The van der Waals surface area contributed by atoms with Gasteiger partial charge < -0.3 is 10.1 Å². The highest BCUT2D eigenvalue weighted by Crippen LogP contribution is 2.26. The van der Waals surface area contributed by atoms with Crippen LogP contribution < -0.4 is 5.32 Å². The van der Waals surface area contributed by atoms with Gasteiger partial charge in [-0.25, -0.2) is 18.6 Å². The molecular formula is C19H14F2N2O3S2. The van der Waals surface area contributed by atoms with E-state index in [0.29, 0.717) is 16.2 Å². The summed E-state index contributed by atoms with van der Waals surface area (Å²) in [4.78, 5) is 29.1. The number of anilines is 1. The van der Waals surface area contributed by atoms with Gasteiger partial charge >= 0.3 is 5.97 Å². The third-order valence-corrected chi connectivity index (χ3v) is 5.25. The Balaban J connectivity index is 1.57. The summed E-state index contributed by atoms with van der Waals surface area (Å²) in [5.41, 5.74) is 3.05. The van der Waals surface area contributed by atoms with Gasteiger partial charge in [-0.1, -0.05) is 12.1 Å². The van der Waals surface area contributed by atoms with E-state index in [1.165, 1.54) is 29.2 Å². The number of ether oxygens (including phenoxy) is 1. The monoisotopic (exact) mass is 420 g/mol. The van der Waals surface area contributed by atoms with Gasteiger partial charge in [0.05, 0.1) is 16.8 Å². The van der Waals surface area contributed by atoms with Gasteiger partial charge in [-0.3, -0.25) is 4.79 Å². The number of esters is 1. The number of nitrogens with one attached hydrogen (secondary N) is 1. The van der Waals surface area contributed by atoms with Crippen molar-refractivity contribution in [2.75, 3.05) is 11.9 Å². The van der Waals surface area contributed by atoms with Crippen LogP contribution in [0.5, 0.6) is 0 Å². The number of carbonyl (C=O) groups is 2. The van der Waals surface area contributed by atoms with Crippen LogP contribution in [0.2, 0.25) is 0 Å². The van der Waals surface area contributed by atoms with Crippen LogP contribution in [0.25, 0.3) is 0 Å². The zero-order chi connectivity index (χ0) is 19.9. The number of benzene rings is 2. The van der Waals surface area contributed by atoms with Crippen LogP contribution in [0.3, 0.4) is 0 Å². The first-order chi connectivity index (χ1) is 13.5. The van der Waals surface area contributed by atoms with E-state index >= 15 is 0 Å². The minimum absolute atomic E-state index is 0.0687. The van der Waals surface area contributed by atoms with Crippen molar-refractivity contribution in [3.63, 3.8) is 0 Å². The second kappa shape index (κ2) is 9.43. The zero-order valence-electron chi connectivity index (χ0n) is 14.4. The molecule has 0 atom stereocenters. The van der Waals surface area contributed by atoms with Gasteiger partial charge in [-0.05, 0) is 24.3 Å². The van der Waals surface area contributed by atoms with Gasteiger partial charge in [0, 0.05) is 27.8 Å². The number of carbonyl (C=O) groups excluding carboxylic acids is 2. The average molecular weight is 420 g/mol. The highest BCUT2D eigenvalue weighted by atomic mass is 32.2.